The van der Waals surface area contributed by atoms with Crippen molar-refractivity contribution in [3.63, 3.8) is 0 Å². The number of phenols is 1. The van der Waals surface area contributed by atoms with Gasteiger partial charge in [0.1, 0.15) is 22.5 Å². The van der Waals surface area contributed by atoms with Gasteiger partial charge in [-0.05, 0) is 18.2 Å². The summed E-state index contributed by atoms with van der Waals surface area (Å²) >= 11 is 0. The van der Waals surface area contributed by atoms with Crippen LogP contribution in [0.2, 0.25) is 0 Å². The fourth-order valence-electron chi connectivity index (χ4n) is 2.35. The van der Waals surface area contributed by atoms with E-state index >= 15 is 0 Å². The highest BCUT2D eigenvalue weighted by atomic mass is 16.7. The van der Waals surface area contributed by atoms with Crippen molar-refractivity contribution >= 4 is 17.0 Å². The summed E-state index contributed by atoms with van der Waals surface area (Å²) in [6.45, 7) is 0.106. The van der Waals surface area contributed by atoms with E-state index in [9.17, 15) is 9.90 Å². The van der Waals surface area contributed by atoms with Gasteiger partial charge < -0.3 is 19.3 Å². The van der Waals surface area contributed by atoms with Crippen LogP contribution in [-0.2, 0) is 4.74 Å². The number of fused-ring (bicyclic) bond motifs is 2. The Hall–Kier alpha value is -3.29. The summed E-state index contributed by atoms with van der Waals surface area (Å²) < 4.78 is 15.2. The summed E-state index contributed by atoms with van der Waals surface area (Å²) in [7, 11) is 1.31. The van der Waals surface area contributed by atoms with E-state index < -0.39 is 5.97 Å². The third-order valence-corrected chi connectivity index (χ3v) is 3.49. The molecule has 0 bridgehead atoms. The van der Waals surface area contributed by atoms with E-state index in [-0.39, 0.29) is 12.5 Å². The molecule has 0 fully saturated rings. The molecule has 2 heterocycles. The number of nitrogens with zero attached hydrogens (tertiary/aromatic N) is 3. The van der Waals surface area contributed by atoms with Gasteiger partial charge in [0.2, 0.25) is 6.79 Å². The molecule has 1 aromatic heterocycles. The first-order valence-electron chi connectivity index (χ1n) is 6.74. The lowest BCUT2D eigenvalue weighted by Gasteiger charge is -2.04. The highest BCUT2D eigenvalue weighted by Gasteiger charge is 2.19. The second-order valence-corrected chi connectivity index (χ2v) is 4.88. The van der Waals surface area contributed by atoms with Crippen molar-refractivity contribution in [2.24, 2.45) is 0 Å². The number of rotatable bonds is 2. The van der Waals surface area contributed by atoms with E-state index in [1.165, 1.54) is 18.0 Å². The van der Waals surface area contributed by atoms with E-state index in [4.69, 9.17) is 9.47 Å². The summed E-state index contributed by atoms with van der Waals surface area (Å²) in [4.78, 5) is 12.8. The number of carbonyl (C=O) groups excluding carboxylic acids is 1. The van der Waals surface area contributed by atoms with Crippen LogP contribution in [0.25, 0.3) is 16.7 Å². The molecule has 2 aromatic carbocycles. The minimum absolute atomic E-state index is 0.0391. The van der Waals surface area contributed by atoms with Crippen LogP contribution in [0.3, 0.4) is 0 Å². The molecular formula is C15H11N3O5. The van der Waals surface area contributed by atoms with Gasteiger partial charge in [-0.3, -0.25) is 0 Å². The molecule has 8 heteroatoms. The Morgan fingerprint density at radius 1 is 1.17 bits per heavy atom. The topological polar surface area (TPSA) is 95.7 Å². The molecule has 0 aliphatic carbocycles. The lowest BCUT2D eigenvalue weighted by Crippen LogP contribution is -2.00. The summed E-state index contributed by atoms with van der Waals surface area (Å²) in [6.07, 6.45) is 0. The zero-order chi connectivity index (χ0) is 16.0. The number of esters is 1. The molecule has 0 atom stereocenters. The zero-order valence-electron chi connectivity index (χ0n) is 12.0. The molecule has 116 valence electrons. The third kappa shape index (κ3) is 2.11. The molecule has 1 aliphatic rings. The number of methoxy groups -OCH3 is 1. The van der Waals surface area contributed by atoms with Crippen molar-refractivity contribution in [2.75, 3.05) is 13.9 Å². The molecule has 23 heavy (non-hydrogen) atoms. The molecular weight excluding hydrogens is 302 g/mol. The van der Waals surface area contributed by atoms with E-state index in [0.717, 1.165) is 0 Å². The normalized spacial score (nSPS) is 12.6. The second-order valence-electron chi connectivity index (χ2n) is 4.88. The zero-order valence-corrected chi connectivity index (χ0v) is 12.0. The average molecular weight is 313 g/mol. The fraction of sp³-hybridized carbons (Fsp3) is 0.133. The summed E-state index contributed by atoms with van der Waals surface area (Å²) in [5.74, 6) is 0.487. The Bertz CT molecular complexity index is 934. The van der Waals surface area contributed by atoms with Crippen molar-refractivity contribution in [1.82, 2.24) is 15.0 Å². The van der Waals surface area contributed by atoms with Gasteiger partial charge in [-0.15, -0.1) is 15.0 Å². The number of aromatic hydroxyl groups is 1. The van der Waals surface area contributed by atoms with Crippen LogP contribution in [0.15, 0.2) is 30.3 Å². The first-order chi connectivity index (χ1) is 11.2. The van der Waals surface area contributed by atoms with E-state index in [1.807, 2.05) is 0 Å². The number of phenolic OH excluding ortho intramolecular Hbond substituents is 1. The van der Waals surface area contributed by atoms with Crippen LogP contribution in [0, 0.1) is 0 Å². The average Bonchev–Trinajstić information content (AvgIpc) is 3.17. The SMILES string of the molecule is COC(=O)c1ccc2nn(-c3cc4c(cc3O)OCO4)nc2c1. The van der Waals surface area contributed by atoms with Crippen molar-refractivity contribution in [1.29, 1.82) is 0 Å². The van der Waals surface area contributed by atoms with Gasteiger partial charge in [-0.2, -0.15) is 0 Å². The number of carbonyl (C=O) groups is 1. The number of aromatic nitrogens is 3. The van der Waals surface area contributed by atoms with Crippen molar-refractivity contribution in [3.05, 3.63) is 35.9 Å². The van der Waals surface area contributed by atoms with Gasteiger partial charge in [0.05, 0.1) is 12.7 Å². The van der Waals surface area contributed by atoms with Crippen LogP contribution >= 0.6 is 0 Å². The van der Waals surface area contributed by atoms with E-state index in [2.05, 4.69) is 14.9 Å². The van der Waals surface area contributed by atoms with Gasteiger partial charge in [0, 0.05) is 12.1 Å². The maximum absolute atomic E-state index is 11.6. The summed E-state index contributed by atoms with van der Waals surface area (Å²) in [5.41, 5.74) is 1.81. The number of hydrogen-bond donors (Lipinski definition) is 1. The Morgan fingerprint density at radius 3 is 2.70 bits per heavy atom. The molecule has 3 aromatic rings. The second kappa shape index (κ2) is 4.87. The van der Waals surface area contributed by atoms with Crippen molar-refractivity contribution < 1.29 is 24.1 Å². The van der Waals surface area contributed by atoms with Gasteiger partial charge in [0.25, 0.3) is 0 Å². The fourth-order valence-corrected chi connectivity index (χ4v) is 2.35. The first kappa shape index (κ1) is 13.4. The number of hydrogen-bond acceptors (Lipinski definition) is 7. The quantitative estimate of drug-likeness (QED) is 0.718. The van der Waals surface area contributed by atoms with Gasteiger partial charge >= 0.3 is 5.97 Å². The number of benzene rings is 2. The first-order valence-corrected chi connectivity index (χ1v) is 6.74. The van der Waals surface area contributed by atoms with Crippen LogP contribution < -0.4 is 9.47 Å². The minimum Gasteiger partial charge on any atom is -0.505 e. The number of ether oxygens (including phenoxy) is 3. The molecule has 0 spiro atoms. The van der Waals surface area contributed by atoms with Crippen LogP contribution in [0.1, 0.15) is 10.4 Å². The van der Waals surface area contributed by atoms with E-state index in [1.54, 1.807) is 24.3 Å². The molecule has 0 saturated heterocycles. The van der Waals surface area contributed by atoms with Crippen LogP contribution in [0.4, 0.5) is 0 Å². The smallest absolute Gasteiger partial charge is 0.337 e. The van der Waals surface area contributed by atoms with Gasteiger partial charge in [-0.1, -0.05) is 0 Å². The maximum atomic E-state index is 11.6. The summed E-state index contributed by atoms with van der Waals surface area (Å²) in [5, 5.41) is 18.7. The predicted octanol–water partition coefficient (Wildman–Crippen LogP) is 1.64. The molecule has 0 radical (unpaired) electrons. The maximum Gasteiger partial charge on any atom is 0.337 e. The van der Waals surface area contributed by atoms with Gasteiger partial charge in [-0.25, -0.2) is 4.79 Å². The molecule has 1 N–H and O–H groups in total. The monoisotopic (exact) mass is 313 g/mol. The van der Waals surface area contributed by atoms with Crippen molar-refractivity contribution in [2.45, 2.75) is 0 Å². The minimum atomic E-state index is -0.452. The lowest BCUT2D eigenvalue weighted by atomic mass is 10.2. The standard InChI is InChI=1S/C15H11N3O5/c1-21-15(20)8-2-3-9-10(4-8)17-18(16-9)11-5-13-14(6-12(11)19)23-7-22-13/h2-6,19H,7H2,1H3. The van der Waals surface area contributed by atoms with Crippen LogP contribution in [0.5, 0.6) is 17.2 Å². The Morgan fingerprint density at radius 2 is 1.91 bits per heavy atom. The molecule has 8 nitrogen and oxygen atoms in total. The molecule has 0 saturated carbocycles. The third-order valence-electron chi connectivity index (χ3n) is 3.49. The lowest BCUT2D eigenvalue weighted by molar-refractivity contribution is 0.0601. The molecule has 1 aliphatic heterocycles. The van der Waals surface area contributed by atoms with Crippen molar-refractivity contribution in [3.8, 4) is 22.9 Å². The predicted molar refractivity (Wildman–Crippen MR) is 78.0 cm³/mol. The highest BCUT2D eigenvalue weighted by Crippen LogP contribution is 2.38. The van der Waals surface area contributed by atoms with E-state index in [0.29, 0.717) is 33.8 Å². The Kier molecular flexibility index (Phi) is 2.83. The molecule has 0 amide bonds. The van der Waals surface area contributed by atoms with Crippen LogP contribution in [-0.4, -0.2) is 40.0 Å². The summed E-state index contributed by atoms with van der Waals surface area (Å²) in [6, 6.07) is 7.89. The Labute approximate surface area is 129 Å². The largest absolute Gasteiger partial charge is 0.505 e. The highest BCUT2D eigenvalue weighted by molar-refractivity contribution is 5.93. The molecule has 0 unspecified atom stereocenters. The Balaban J connectivity index is 1.82. The van der Waals surface area contributed by atoms with Gasteiger partial charge in [0.15, 0.2) is 11.5 Å². The molecule has 4 rings (SSSR count).